The molecule has 0 aliphatic carbocycles. The van der Waals surface area contributed by atoms with Crippen LogP contribution in [0.1, 0.15) is 40.0 Å². The van der Waals surface area contributed by atoms with Crippen molar-refractivity contribution in [2.75, 3.05) is 19.7 Å². The summed E-state index contributed by atoms with van der Waals surface area (Å²) >= 11 is 0. The first-order valence-electron chi connectivity index (χ1n) is 6.11. The predicted molar refractivity (Wildman–Crippen MR) is 62.4 cm³/mol. The van der Waals surface area contributed by atoms with Gasteiger partial charge in [0.2, 0.25) is 0 Å². The number of amides is 1. The summed E-state index contributed by atoms with van der Waals surface area (Å²) in [6, 6.07) is 0. The maximum atomic E-state index is 11.3. The zero-order valence-electron chi connectivity index (χ0n) is 10.5. The molecule has 1 N–H and O–H groups in total. The number of likely N-dealkylation sites (tertiary alicyclic amines) is 1. The first-order chi connectivity index (χ1) is 7.41. The lowest BCUT2D eigenvalue weighted by molar-refractivity contribution is 0.0263. The Bertz CT molecular complexity index is 275. The van der Waals surface area contributed by atoms with Crippen LogP contribution in [0.15, 0.2) is 0 Å². The van der Waals surface area contributed by atoms with Gasteiger partial charge in [-0.25, -0.2) is 4.79 Å². The van der Waals surface area contributed by atoms with Gasteiger partial charge in [0.25, 0.3) is 0 Å². The minimum absolute atomic E-state index is 0.0110. The van der Waals surface area contributed by atoms with Gasteiger partial charge in [0.1, 0.15) is 0 Å². The molecule has 0 saturated carbocycles. The Morgan fingerprint density at radius 1 is 1.25 bits per heavy atom. The molecule has 4 heteroatoms. The molecule has 4 nitrogen and oxygen atoms in total. The van der Waals surface area contributed by atoms with Crippen LogP contribution in [0.2, 0.25) is 0 Å². The van der Waals surface area contributed by atoms with Gasteiger partial charge >= 0.3 is 6.09 Å². The van der Waals surface area contributed by atoms with Crippen LogP contribution in [0, 0.1) is 0 Å². The van der Waals surface area contributed by atoms with Crippen LogP contribution in [0.5, 0.6) is 0 Å². The molecule has 2 saturated heterocycles. The number of nitrogens with zero attached hydrogens (tertiary/aromatic N) is 1. The summed E-state index contributed by atoms with van der Waals surface area (Å²) in [5.74, 6) is 0. The zero-order valence-corrected chi connectivity index (χ0v) is 10.5. The Kier molecular flexibility index (Phi) is 2.86. The highest BCUT2D eigenvalue weighted by Gasteiger charge is 2.40. The number of ether oxygens (including phenoxy) is 1. The average molecular weight is 226 g/mol. The number of cyclic esters (lactones) is 1. The SMILES string of the molecule is CC(C)(C)N1CCC2(CCOC(=O)N2)CC1. The Hall–Kier alpha value is -0.770. The van der Waals surface area contributed by atoms with Crippen molar-refractivity contribution in [1.82, 2.24) is 10.2 Å². The van der Waals surface area contributed by atoms with Crippen molar-refractivity contribution in [1.29, 1.82) is 0 Å². The van der Waals surface area contributed by atoms with Gasteiger partial charge in [-0.15, -0.1) is 0 Å². The Morgan fingerprint density at radius 3 is 2.38 bits per heavy atom. The van der Waals surface area contributed by atoms with Gasteiger partial charge in [0.05, 0.1) is 6.61 Å². The molecule has 2 aliphatic rings. The molecule has 2 rings (SSSR count). The summed E-state index contributed by atoms with van der Waals surface area (Å²) in [7, 11) is 0. The van der Waals surface area contributed by atoms with Crippen LogP contribution in [-0.2, 0) is 4.74 Å². The number of rotatable bonds is 0. The summed E-state index contributed by atoms with van der Waals surface area (Å²) in [6.07, 6.45) is 2.80. The summed E-state index contributed by atoms with van der Waals surface area (Å²) in [5, 5.41) is 3.02. The van der Waals surface area contributed by atoms with E-state index in [1.54, 1.807) is 0 Å². The minimum atomic E-state index is -0.240. The number of carbonyl (C=O) groups is 1. The molecule has 0 radical (unpaired) electrons. The van der Waals surface area contributed by atoms with Gasteiger partial charge in [0, 0.05) is 30.6 Å². The fourth-order valence-electron chi connectivity index (χ4n) is 2.63. The van der Waals surface area contributed by atoms with Crippen LogP contribution in [-0.4, -0.2) is 41.8 Å². The third-order valence-electron chi connectivity index (χ3n) is 3.85. The molecular weight excluding hydrogens is 204 g/mol. The van der Waals surface area contributed by atoms with E-state index in [4.69, 9.17) is 4.74 Å². The van der Waals surface area contributed by atoms with Gasteiger partial charge in [-0.3, -0.25) is 4.90 Å². The first-order valence-corrected chi connectivity index (χ1v) is 6.11. The van der Waals surface area contributed by atoms with Crippen molar-refractivity contribution in [2.24, 2.45) is 0 Å². The minimum Gasteiger partial charge on any atom is -0.449 e. The second-order valence-electron chi connectivity index (χ2n) is 5.95. The Labute approximate surface area is 97.3 Å². The zero-order chi connectivity index (χ0) is 11.8. The summed E-state index contributed by atoms with van der Waals surface area (Å²) in [5.41, 5.74) is 0.244. The van der Waals surface area contributed by atoms with E-state index in [-0.39, 0.29) is 17.2 Å². The highest BCUT2D eigenvalue weighted by molar-refractivity contribution is 5.69. The molecule has 2 heterocycles. The molecule has 16 heavy (non-hydrogen) atoms. The third-order valence-corrected chi connectivity index (χ3v) is 3.85. The lowest BCUT2D eigenvalue weighted by Crippen LogP contribution is -2.60. The third kappa shape index (κ3) is 2.32. The van der Waals surface area contributed by atoms with E-state index in [0.29, 0.717) is 6.61 Å². The number of carbonyl (C=O) groups excluding carboxylic acids is 1. The quantitative estimate of drug-likeness (QED) is 0.684. The van der Waals surface area contributed by atoms with Gasteiger partial charge in [-0.05, 0) is 33.6 Å². The van der Waals surface area contributed by atoms with Gasteiger partial charge in [0.15, 0.2) is 0 Å². The number of nitrogens with one attached hydrogen (secondary N) is 1. The Morgan fingerprint density at radius 2 is 1.88 bits per heavy atom. The lowest BCUT2D eigenvalue weighted by Gasteiger charge is -2.47. The molecule has 0 aromatic rings. The molecular formula is C12H22N2O2. The highest BCUT2D eigenvalue weighted by Crippen LogP contribution is 2.31. The fraction of sp³-hybridized carbons (Fsp3) is 0.917. The van der Waals surface area contributed by atoms with E-state index < -0.39 is 0 Å². The summed E-state index contributed by atoms with van der Waals surface area (Å²) in [4.78, 5) is 13.8. The van der Waals surface area contributed by atoms with Gasteiger partial charge in [-0.1, -0.05) is 0 Å². The molecule has 0 unspecified atom stereocenters. The second kappa shape index (κ2) is 3.91. The molecule has 1 spiro atoms. The molecule has 92 valence electrons. The van der Waals surface area contributed by atoms with Crippen LogP contribution in [0.3, 0.4) is 0 Å². The lowest BCUT2D eigenvalue weighted by atomic mass is 9.82. The second-order valence-corrected chi connectivity index (χ2v) is 5.95. The smallest absolute Gasteiger partial charge is 0.407 e. The maximum absolute atomic E-state index is 11.3. The number of hydrogen-bond donors (Lipinski definition) is 1. The van der Waals surface area contributed by atoms with Crippen molar-refractivity contribution in [2.45, 2.75) is 51.1 Å². The summed E-state index contributed by atoms with van der Waals surface area (Å²) < 4.78 is 4.94. The average Bonchev–Trinajstić information content (AvgIpc) is 2.16. The van der Waals surface area contributed by atoms with Crippen LogP contribution < -0.4 is 5.32 Å². The maximum Gasteiger partial charge on any atom is 0.407 e. The van der Waals surface area contributed by atoms with E-state index in [1.165, 1.54) is 0 Å². The molecule has 0 atom stereocenters. The van der Waals surface area contributed by atoms with Crippen LogP contribution in [0.4, 0.5) is 4.79 Å². The molecule has 2 fully saturated rings. The van der Waals surface area contributed by atoms with Crippen LogP contribution >= 0.6 is 0 Å². The van der Waals surface area contributed by atoms with Gasteiger partial charge in [-0.2, -0.15) is 0 Å². The van der Waals surface area contributed by atoms with E-state index in [2.05, 4.69) is 31.0 Å². The number of alkyl carbamates (subject to hydrolysis) is 1. The van der Waals surface area contributed by atoms with Crippen molar-refractivity contribution in [3.05, 3.63) is 0 Å². The van der Waals surface area contributed by atoms with E-state index in [1.807, 2.05) is 0 Å². The van der Waals surface area contributed by atoms with Gasteiger partial charge < -0.3 is 10.1 Å². The summed E-state index contributed by atoms with van der Waals surface area (Å²) in [6.45, 7) is 9.42. The monoisotopic (exact) mass is 226 g/mol. The van der Waals surface area contributed by atoms with E-state index in [9.17, 15) is 4.79 Å². The standard InChI is InChI=1S/C12H22N2O2/c1-11(2,3)14-7-4-12(5-8-14)6-9-16-10(15)13-12/h4-9H2,1-3H3,(H,13,15). The van der Waals surface area contributed by atoms with E-state index >= 15 is 0 Å². The van der Waals surface area contributed by atoms with Crippen molar-refractivity contribution in [3.8, 4) is 0 Å². The Balaban J connectivity index is 1.96. The largest absolute Gasteiger partial charge is 0.449 e. The number of piperidine rings is 1. The molecule has 2 aliphatic heterocycles. The van der Waals surface area contributed by atoms with E-state index in [0.717, 1.165) is 32.4 Å². The molecule has 1 amide bonds. The van der Waals surface area contributed by atoms with Crippen molar-refractivity contribution >= 4 is 6.09 Å². The molecule has 0 aromatic heterocycles. The van der Waals surface area contributed by atoms with Crippen molar-refractivity contribution in [3.63, 3.8) is 0 Å². The predicted octanol–water partition coefficient (Wildman–Crippen LogP) is 1.75. The normalized spacial score (nSPS) is 26.3. The first kappa shape index (κ1) is 11.7. The number of hydrogen-bond acceptors (Lipinski definition) is 3. The van der Waals surface area contributed by atoms with Crippen LogP contribution in [0.25, 0.3) is 0 Å². The molecule has 0 aromatic carbocycles. The molecule has 0 bridgehead atoms. The topological polar surface area (TPSA) is 41.6 Å². The van der Waals surface area contributed by atoms with Crippen molar-refractivity contribution < 1.29 is 9.53 Å². The fourth-order valence-corrected chi connectivity index (χ4v) is 2.63. The highest BCUT2D eigenvalue weighted by atomic mass is 16.6.